The van der Waals surface area contributed by atoms with Gasteiger partial charge in [0.25, 0.3) is 0 Å². The van der Waals surface area contributed by atoms with Gasteiger partial charge in [-0.2, -0.15) is 0 Å². The number of nitrogens with zero attached hydrogens (tertiary/aromatic N) is 2. The van der Waals surface area contributed by atoms with E-state index in [9.17, 15) is 8.42 Å². The van der Waals surface area contributed by atoms with Gasteiger partial charge in [0.1, 0.15) is 6.17 Å². The van der Waals surface area contributed by atoms with Crippen molar-refractivity contribution in [3.8, 4) is 0 Å². The van der Waals surface area contributed by atoms with Gasteiger partial charge in [-0.05, 0) is 84.7 Å². The number of sulfonamides is 1. The van der Waals surface area contributed by atoms with Crippen LogP contribution in [0.5, 0.6) is 0 Å². The van der Waals surface area contributed by atoms with Gasteiger partial charge in [0.15, 0.2) is 0 Å². The predicted molar refractivity (Wildman–Crippen MR) is 160 cm³/mol. The third kappa shape index (κ3) is 5.52. The predicted octanol–water partition coefficient (Wildman–Crippen LogP) is 5.89. The molecule has 2 heterocycles. The number of fused-ring (bicyclic) bond motifs is 1. The highest BCUT2D eigenvalue weighted by Crippen LogP contribution is 2.48. The molecule has 9 heteroatoms. The Balaban J connectivity index is 1.34. The Morgan fingerprint density at radius 3 is 1.95 bits per heavy atom. The van der Waals surface area contributed by atoms with Crippen LogP contribution < -0.4 is 16.0 Å². The van der Waals surface area contributed by atoms with Crippen molar-refractivity contribution in [2.75, 3.05) is 35.6 Å². The molecule has 0 spiro atoms. The van der Waals surface area contributed by atoms with Gasteiger partial charge in [-0.25, -0.2) is 12.7 Å². The summed E-state index contributed by atoms with van der Waals surface area (Å²) in [7, 11) is -3.29. The van der Waals surface area contributed by atoms with Crippen molar-refractivity contribution in [1.82, 2.24) is 4.31 Å². The quantitative estimate of drug-likeness (QED) is 0.322. The van der Waals surface area contributed by atoms with Crippen LogP contribution in [0, 0.1) is 5.92 Å². The van der Waals surface area contributed by atoms with Gasteiger partial charge < -0.3 is 16.0 Å². The molecule has 6 nitrogen and oxygen atoms in total. The van der Waals surface area contributed by atoms with Gasteiger partial charge in [-0.3, -0.25) is 0 Å². The molecule has 1 saturated heterocycles. The first-order valence-corrected chi connectivity index (χ1v) is 16.1. The first-order valence-electron chi connectivity index (χ1n) is 13.7. The lowest BCUT2D eigenvalue weighted by Crippen LogP contribution is -2.51. The summed E-state index contributed by atoms with van der Waals surface area (Å²) in [5.41, 5.74) is 11.4. The summed E-state index contributed by atoms with van der Waals surface area (Å²) < 4.78 is 26.9. The summed E-state index contributed by atoms with van der Waals surface area (Å²) in [6.07, 6.45) is 4.29. The molecule has 3 aromatic carbocycles. The zero-order valence-corrected chi connectivity index (χ0v) is 24.1. The van der Waals surface area contributed by atoms with Crippen LogP contribution in [-0.2, 0) is 10.0 Å². The zero-order valence-electron chi connectivity index (χ0n) is 21.8. The average Bonchev–Trinajstić information content (AvgIpc) is 3.71. The molecule has 1 aliphatic carbocycles. The van der Waals surface area contributed by atoms with Crippen LogP contribution in [0.4, 0.5) is 11.4 Å². The molecule has 0 aromatic heterocycles. The number of rotatable bonds is 8. The number of nitrogens with two attached hydrogens (primary N) is 1. The van der Waals surface area contributed by atoms with Crippen molar-refractivity contribution in [2.24, 2.45) is 11.7 Å². The first-order chi connectivity index (χ1) is 18.8. The van der Waals surface area contributed by atoms with Crippen molar-refractivity contribution in [2.45, 2.75) is 43.8 Å². The van der Waals surface area contributed by atoms with Crippen molar-refractivity contribution < 1.29 is 8.42 Å². The second-order valence-corrected chi connectivity index (χ2v) is 13.8. The molecule has 3 N–H and O–H groups in total. The van der Waals surface area contributed by atoms with E-state index in [0.717, 1.165) is 29.7 Å². The van der Waals surface area contributed by atoms with Gasteiger partial charge in [-0.1, -0.05) is 53.5 Å². The fraction of sp³-hybridized carbons (Fsp3) is 0.400. The highest BCUT2D eigenvalue weighted by Gasteiger charge is 2.44. The van der Waals surface area contributed by atoms with Gasteiger partial charge in [0, 0.05) is 41.6 Å². The Morgan fingerprint density at radius 1 is 0.846 bits per heavy atom. The largest absolute Gasteiger partial charge is 0.363 e. The Hall–Kier alpha value is -2.29. The Labute approximate surface area is 241 Å². The van der Waals surface area contributed by atoms with Crippen molar-refractivity contribution in [1.29, 1.82) is 0 Å². The summed E-state index contributed by atoms with van der Waals surface area (Å²) in [5.74, 6) is 0.648. The van der Waals surface area contributed by atoms with E-state index in [1.807, 2.05) is 24.3 Å². The van der Waals surface area contributed by atoms with E-state index in [4.69, 9.17) is 28.9 Å². The lowest BCUT2D eigenvalue weighted by Gasteiger charge is -2.40. The van der Waals surface area contributed by atoms with Crippen LogP contribution in [-0.4, -0.2) is 50.3 Å². The molecular formula is C30H34Cl2N4O2S. The molecule has 2 aliphatic heterocycles. The molecule has 6 rings (SSSR count). The number of benzene rings is 3. The summed E-state index contributed by atoms with van der Waals surface area (Å²) in [6.45, 7) is 1.22. The zero-order chi connectivity index (χ0) is 27.1. The molecule has 206 valence electrons. The minimum Gasteiger partial charge on any atom is -0.363 e. The van der Waals surface area contributed by atoms with Crippen molar-refractivity contribution in [3.63, 3.8) is 0 Å². The van der Waals surface area contributed by atoms with Crippen LogP contribution >= 0.6 is 23.2 Å². The SMILES string of the molecule is NCCS(=O)(=O)N1CCC(N2c3cc(C(c4ccc(Cl)cc4)c4ccc(Cl)cc4)ccc3NC2C2CC2)CC1. The monoisotopic (exact) mass is 584 g/mol. The van der Waals surface area contributed by atoms with Gasteiger partial charge in [-0.15, -0.1) is 0 Å². The maximum absolute atomic E-state index is 12.6. The molecule has 0 bridgehead atoms. The number of halogens is 2. The fourth-order valence-electron chi connectivity index (χ4n) is 6.19. The molecule has 39 heavy (non-hydrogen) atoms. The minimum atomic E-state index is -3.29. The number of anilines is 2. The molecule has 1 saturated carbocycles. The average molecular weight is 586 g/mol. The Bertz CT molecular complexity index is 1370. The van der Waals surface area contributed by atoms with Gasteiger partial charge >= 0.3 is 0 Å². The molecule has 0 amide bonds. The minimum absolute atomic E-state index is 0.0105. The topological polar surface area (TPSA) is 78.7 Å². The lowest BCUT2D eigenvalue weighted by atomic mass is 9.85. The number of hydrogen-bond acceptors (Lipinski definition) is 5. The molecular weight excluding hydrogens is 551 g/mol. The summed E-state index contributed by atoms with van der Waals surface area (Å²) in [5, 5.41) is 5.23. The second kappa shape index (κ2) is 10.9. The van der Waals surface area contributed by atoms with Crippen LogP contribution in [0.3, 0.4) is 0 Å². The lowest BCUT2D eigenvalue weighted by molar-refractivity contribution is 0.302. The smallest absolute Gasteiger partial charge is 0.215 e. The number of nitrogens with one attached hydrogen (secondary N) is 1. The highest BCUT2D eigenvalue weighted by atomic mass is 35.5. The Morgan fingerprint density at radius 2 is 1.41 bits per heavy atom. The molecule has 3 aromatic rings. The summed E-state index contributed by atoms with van der Waals surface area (Å²) in [4.78, 5) is 2.56. The molecule has 2 fully saturated rings. The van der Waals surface area contributed by atoms with E-state index < -0.39 is 10.0 Å². The number of piperidine rings is 1. The Kier molecular flexibility index (Phi) is 7.55. The van der Waals surface area contributed by atoms with E-state index in [-0.39, 0.29) is 30.4 Å². The third-order valence-electron chi connectivity index (χ3n) is 8.30. The standard InChI is InChI=1S/C30H34Cl2N4O2S/c31-24-8-3-20(4-9-24)29(21-5-10-25(32)11-6-21)23-7-12-27-28(19-23)36(30(34-27)22-1-2-22)26-13-16-35(17-14-26)39(37,38)18-15-33/h3-12,19,22,26,29-30,34H,1-2,13-18,33H2. The maximum Gasteiger partial charge on any atom is 0.215 e. The molecule has 1 unspecified atom stereocenters. The van der Waals surface area contributed by atoms with E-state index in [2.05, 4.69) is 52.7 Å². The second-order valence-electron chi connectivity index (χ2n) is 10.9. The van der Waals surface area contributed by atoms with E-state index >= 15 is 0 Å². The van der Waals surface area contributed by atoms with E-state index in [0.29, 0.717) is 29.1 Å². The van der Waals surface area contributed by atoms with Gasteiger partial charge in [0.05, 0.1) is 17.1 Å². The van der Waals surface area contributed by atoms with Crippen molar-refractivity contribution in [3.05, 3.63) is 93.5 Å². The maximum atomic E-state index is 12.6. The summed E-state index contributed by atoms with van der Waals surface area (Å²) in [6, 6.07) is 23.2. The molecule has 1 atom stereocenters. The van der Waals surface area contributed by atoms with E-state index in [1.165, 1.54) is 24.1 Å². The van der Waals surface area contributed by atoms with Crippen LogP contribution in [0.15, 0.2) is 66.7 Å². The van der Waals surface area contributed by atoms with Crippen LogP contribution in [0.2, 0.25) is 10.0 Å². The van der Waals surface area contributed by atoms with Crippen LogP contribution in [0.1, 0.15) is 48.3 Å². The molecule has 3 aliphatic rings. The van der Waals surface area contributed by atoms with Crippen molar-refractivity contribution >= 4 is 44.6 Å². The highest BCUT2D eigenvalue weighted by molar-refractivity contribution is 7.89. The fourth-order valence-corrected chi connectivity index (χ4v) is 7.76. The first kappa shape index (κ1) is 26.9. The third-order valence-corrected chi connectivity index (χ3v) is 10.7. The van der Waals surface area contributed by atoms with Crippen LogP contribution in [0.25, 0.3) is 0 Å². The summed E-state index contributed by atoms with van der Waals surface area (Å²) >= 11 is 12.5. The van der Waals surface area contributed by atoms with Gasteiger partial charge in [0.2, 0.25) is 10.0 Å². The number of hydrogen-bond donors (Lipinski definition) is 2. The normalized spacial score (nSPS) is 20.3. The molecule has 0 radical (unpaired) electrons. The van der Waals surface area contributed by atoms with E-state index in [1.54, 1.807) is 4.31 Å².